The predicted molar refractivity (Wildman–Crippen MR) is 127 cm³/mol. The number of carbonyl (C=O) groups excluding carboxylic acids is 2. The number of amides is 1. The number of anilines is 1. The molecule has 0 atom stereocenters. The van der Waals surface area contributed by atoms with Gasteiger partial charge in [-0.05, 0) is 31.2 Å². The van der Waals surface area contributed by atoms with Crippen LogP contribution in [0.1, 0.15) is 30.1 Å². The number of ketones is 1. The monoisotopic (exact) mass is 444 g/mol. The molecule has 1 aliphatic rings. The first-order valence-electron chi connectivity index (χ1n) is 11.3. The van der Waals surface area contributed by atoms with Crippen molar-refractivity contribution < 1.29 is 14.3 Å². The molecule has 1 aliphatic heterocycles. The van der Waals surface area contributed by atoms with Gasteiger partial charge in [0.25, 0.3) is 0 Å². The fourth-order valence-electron chi connectivity index (χ4n) is 3.90. The number of nitrogens with zero attached hydrogens (tertiary/aromatic N) is 4. The van der Waals surface area contributed by atoms with E-state index in [4.69, 9.17) is 4.74 Å². The average Bonchev–Trinajstić information content (AvgIpc) is 2.88. The molecule has 1 fully saturated rings. The highest BCUT2D eigenvalue weighted by Crippen LogP contribution is 2.24. The predicted octanol–water partition coefficient (Wildman–Crippen LogP) is 3.85. The van der Waals surface area contributed by atoms with Crippen molar-refractivity contribution in [3.63, 3.8) is 0 Å². The summed E-state index contributed by atoms with van der Waals surface area (Å²) in [6, 6.07) is 19.0. The molecule has 1 amide bonds. The van der Waals surface area contributed by atoms with Gasteiger partial charge in [0.1, 0.15) is 17.9 Å². The normalized spacial score (nSPS) is 13.6. The summed E-state index contributed by atoms with van der Waals surface area (Å²) in [6.07, 6.45) is 2.05. The summed E-state index contributed by atoms with van der Waals surface area (Å²) >= 11 is 0. The molecule has 0 spiro atoms. The van der Waals surface area contributed by atoms with Crippen molar-refractivity contribution in [1.82, 2.24) is 14.9 Å². The Labute approximate surface area is 194 Å². The lowest BCUT2D eigenvalue weighted by Gasteiger charge is -2.35. The standard InChI is InChI=1S/C26H28N4O3/c1-2-33-22-10-8-20(9-11-22)23-18-25(28-19-27-23)29-14-16-30(17-15-29)26(32)13-12-24(31)21-6-4-3-5-7-21/h3-11,18-19H,2,12-17H2,1H3. The summed E-state index contributed by atoms with van der Waals surface area (Å²) in [6.45, 7) is 5.20. The van der Waals surface area contributed by atoms with Crippen molar-refractivity contribution in [1.29, 1.82) is 0 Å². The number of hydrogen-bond donors (Lipinski definition) is 0. The molecule has 3 aromatic rings. The van der Waals surface area contributed by atoms with Crippen LogP contribution in [0.15, 0.2) is 67.0 Å². The maximum absolute atomic E-state index is 12.6. The Balaban J connectivity index is 1.31. The molecule has 0 radical (unpaired) electrons. The van der Waals surface area contributed by atoms with Gasteiger partial charge in [-0.1, -0.05) is 30.3 Å². The third-order valence-electron chi connectivity index (χ3n) is 5.73. The van der Waals surface area contributed by atoms with Gasteiger partial charge in [-0.15, -0.1) is 0 Å². The number of Topliss-reactive ketones (excluding diaryl/α,β-unsaturated/α-hetero) is 1. The van der Waals surface area contributed by atoms with E-state index in [1.165, 1.54) is 0 Å². The number of carbonyl (C=O) groups is 2. The molecule has 0 unspecified atom stereocenters. The number of benzene rings is 2. The number of aromatic nitrogens is 2. The van der Waals surface area contributed by atoms with E-state index in [1.54, 1.807) is 18.5 Å². The first-order chi connectivity index (χ1) is 16.1. The third kappa shape index (κ3) is 5.74. The van der Waals surface area contributed by atoms with E-state index < -0.39 is 0 Å². The zero-order valence-electron chi connectivity index (χ0n) is 18.8. The van der Waals surface area contributed by atoms with Crippen LogP contribution < -0.4 is 9.64 Å². The maximum atomic E-state index is 12.6. The lowest BCUT2D eigenvalue weighted by molar-refractivity contribution is -0.131. The molecule has 0 saturated carbocycles. The minimum Gasteiger partial charge on any atom is -0.494 e. The van der Waals surface area contributed by atoms with Crippen LogP contribution in [0.3, 0.4) is 0 Å². The smallest absolute Gasteiger partial charge is 0.223 e. The molecule has 0 bridgehead atoms. The van der Waals surface area contributed by atoms with E-state index in [1.807, 2.05) is 60.4 Å². The molecule has 1 saturated heterocycles. The second kappa shape index (κ2) is 10.7. The Kier molecular flexibility index (Phi) is 7.29. The summed E-state index contributed by atoms with van der Waals surface area (Å²) in [7, 11) is 0. The largest absolute Gasteiger partial charge is 0.494 e. The zero-order chi connectivity index (χ0) is 23.0. The average molecular weight is 445 g/mol. The van der Waals surface area contributed by atoms with E-state index in [0.717, 1.165) is 22.8 Å². The Morgan fingerprint density at radius 2 is 1.64 bits per heavy atom. The quantitative estimate of drug-likeness (QED) is 0.491. The molecule has 7 nitrogen and oxygen atoms in total. The highest BCUT2D eigenvalue weighted by atomic mass is 16.5. The summed E-state index contributed by atoms with van der Waals surface area (Å²) in [4.78, 5) is 37.7. The van der Waals surface area contributed by atoms with Crippen LogP contribution in [-0.2, 0) is 4.79 Å². The lowest BCUT2D eigenvalue weighted by atomic mass is 10.1. The van der Waals surface area contributed by atoms with Crippen molar-refractivity contribution in [3.05, 3.63) is 72.6 Å². The van der Waals surface area contributed by atoms with Gasteiger partial charge in [0.05, 0.1) is 12.3 Å². The summed E-state index contributed by atoms with van der Waals surface area (Å²) < 4.78 is 5.51. The van der Waals surface area contributed by atoms with Crippen molar-refractivity contribution in [2.75, 3.05) is 37.7 Å². The molecule has 0 aliphatic carbocycles. The van der Waals surface area contributed by atoms with Crippen LogP contribution >= 0.6 is 0 Å². The van der Waals surface area contributed by atoms with Gasteiger partial charge in [0, 0.05) is 56.2 Å². The van der Waals surface area contributed by atoms with Gasteiger partial charge in [-0.2, -0.15) is 0 Å². The van der Waals surface area contributed by atoms with Crippen LogP contribution in [0.4, 0.5) is 5.82 Å². The molecule has 170 valence electrons. The zero-order valence-corrected chi connectivity index (χ0v) is 18.8. The summed E-state index contributed by atoms with van der Waals surface area (Å²) in [5.41, 5.74) is 2.50. The second-order valence-corrected chi connectivity index (χ2v) is 7.88. The highest BCUT2D eigenvalue weighted by molar-refractivity contribution is 5.97. The van der Waals surface area contributed by atoms with E-state index >= 15 is 0 Å². The molecule has 2 heterocycles. The molecule has 33 heavy (non-hydrogen) atoms. The summed E-state index contributed by atoms with van der Waals surface area (Å²) in [5, 5.41) is 0. The van der Waals surface area contributed by atoms with E-state index in [2.05, 4.69) is 14.9 Å². The Bertz CT molecular complexity index is 1080. The Morgan fingerprint density at radius 3 is 2.33 bits per heavy atom. The molecular weight excluding hydrogens is 416 g/mol. The van der Waals surface area contributed by atoms with Gasteiger partial charge in [-0.25, -0.2) is 9.97 Å². The van der Waals surface area contributed by atoms with Gasteiger partial charge in [0.15, 0.2) is 5.78 Å². The number of piperazine rings is 1. The van der Waals surface area contributed by atoms with Crippen LogP contribution in [0, 0.1) is 0 Å². The first-order valence-corrected chi connectivity index (χ1v) is 11.3. The second-order valence-electron chi connectivity index (χ2n) is 7.88. The number of rotatable bonds is 8. The molecule has 1 aromatic heterocycles. The van der Waals surface area contributed by atoms with Crippen LogP contribution in [0.2, 0.25) is 0 Å². The van der Waals surface area contributed by atoms with Gasteiger partial charge < -0.3 is 14.5 Å². The van der Waals surface area contributed by atoms with E-state index in [0.29, 0.717) is 38.3 Å². The molecule has 7 heteroatoms. The van der Waals surface area contributed by atoms with Crippen molar-refractivity contribution in [3.8, 4) is 17.0 Å². The van der Waals surface area contributed by atoms with Gasteiger partial charge in [-0.3, -0.25) is 9.59 Å². The SMILES string of the molecule is CCOc1ccc(-c2cc(N3CCN(C(=O)CCC(=O)c4ccccc4)CC3)ncn2)cc1. The Hall–Kier alpha value is -3.74. The van der Waals surface area contributed by atoms with Crippen LogP contribution in [-0.4, -0.2) is 59.3 Å². The molecule has 0 N–H and O–H groups in total. The molecule has 2 aromatic carbocycles. The maximum Gasteiger partial charge on any atom is 0.223 e. The molecule has 4 rings (SSSR count). The van der Waals surface area contributed by atoms with E-state index in [9.17, 15) is 9.59 Å². The highest BCUT2D eigenvalue weighted by Gasteiger charge is 2.23. The number of hydrogen-bond acceptors (Lipinski definition) is 6. The van der Waals surface area contributed by atoms with E-state index in [-0.39, 0.29) is 24.5 Å². The van der Waals surface area contributed by atoms with Crippen molar-refractivity contribution in [2.24, 2.45) is 0 Å². The fraction of sp³-hybridized carbons (Fsp3) is 0.308. The third-order valence-corrected chi connectivity index (χ3v) is 5.73. The molecular formula is C26H28N4O3. The van der Waals surface area contributed by atoms with Crippen molar-refractivity contribution in [2.45, 2.75) is 19.8 Å². The minimum atomic E-state index is 0.00499. The fourth-order valence-corrected chi connectivity index (χ4v) is 3.90. The first kappa shape index (κ1) is 22.5. The van der Waals surface area contributed by atoms with Gasteiger partial charge >= 0.3 is 0 Å². The van der Waals surface area contributed by atoms with Gasteiger partial charge in [0.2, 0.25) is 5.91 Å². The topological polar surface area (TPSA) is 75.6 Å². The summed E-state index contributed by atoms with van der Waals surface area (Å²) in [5.74, 6) is 1.71. The van der Waals surface area contributed by atoms with Crippen LogP contribution in [0.5, 0.6) is 5.75 Å². The van der Waals surface area contributed by atoms with Crippen LogP contribution in [0.25, 0.3) is 11.3 Å². The Morgan fingerprint density at radius 1 is 0.909 bits per heavy atom. The lowest BCUT2D eigenvalue weighted by Crippen LogP contribution is -2.49. The minimum absolute atomic E-state index is 0.00499. The number of ether oxygens (including phenoxy) is 1. The van der Waals surface area contributed by atoms with Crippen molar-refractivity contribution >= 4 is 17.5 Å².